The highest BCUT2D eigenvalue weighted by molar-refractivity contribution is 5.98. The van der Waals surface area contributed by atoms with E-state index >= 15 is 0 Å². The lowest BCUT2D eigenvalue weighted by molar-refractivity contribution is -0.109. The van der Waals surface area contributed by atoms with Gasteiger partial charge in [-0.2, -0.15) is 0 Å². The number of hydrogen-bond donors (Lipinski definition) is 1. The molecule has 19 heavy (non-hydrogen) atoms. The fraction of sp³-hybridized carbons (Fsp3) is 0.467. The van der Waals surface area contributed by atoms with Crippen LogP contribution in [-0.2, 0) is 17.9 Å². The topological polar surface area (TPSA) is 49.4 Å². The van der Waals surface area contributed by atoms with Crippen molar-refractivity contribution in [3.8, 4) is 0 Å². The van der Waals surface area contributed by atoms with Gasteiger partial charge in [-0.05, 0) is 30.5 Å². The van der Waals surface area contributed by atoms with Gasteiger partial charge in [-0.25, -0.2) is 0 Å². The fourth-order valence-electron chi connectivity index (χ4n) is 2.60. The van der Waals surface area contributed by atoms with Crippen molar-refractivity contribution in [1.82, 2.24) is 10.2 Å². The van der Waals surface area contributed by atoms with Gasteiger partial charge in [-0.1, -0.05) is 25.5 Å². The monoisotopic (exact) mass is 260 g/mol. The number of fused-ring (bicyclic) bond motifs is 1. The molecule has 0 bridgehead atoms. The van der Waals surface area contributed by atoms with Gasteiger partial charge >= 0.3 is 0 Å². The van der Waals surface area contributed by atoms with Crippen LogP contribution in [-0.4, -0.2) is 23.3 Å². The minimum absolute atomic E-state index is 0.130. The highest BCUT2D eigenvalue weighted by Gasteiger charge is 2.30. The van der Waals surface area contributed by atoms with Crippen molar-refractivity contribution < 1.29 is 9.59 Å². The molecule has 1 aromatic carbocycles. The van der Waals surface area contributed by atoms with Gasteiger partial charge in [0, 0.05) is 24.7 Å². The van der Waals surface area contributed by atoms with E-state index in [1.54, 1.807) is 0 Å². The smallest absolute Gasteiger partial charge is 0.254 e. The third-order valence-corrected chi connectivity index (χ3v) is 3.63. The molecule has 1 aliphatic heterocycles. The maximum Gasteiger partial charge on any atom is 0.254 e. The lowest BCUT2D eigenvalue weighted by atomic mass is 10.1. The number of benzene rings is 1. The van der Waals surface area contributed by atoms with Crippen molar-refractivity contribution >= 4 is 12.3 Å². The first-order valence-corrected chi connectivity index (χ1v) is 6.77. The predicted octanol–water partition coefficient (Wildman–Crippen LogP) is 2.08. The molecule has 0 saturated heterocycles. The number of carbonyl (C=O) groups is 2. The highest BCUT2D eigenvalue weighted by Crippen LogP contribution is 2.26. The Morgan fingerprint density at radius 1 is 1.47 bits per heavy atom. The van der Waals surface area contributed by atoms with Crippen LogP contribution in [0.25, 0.3) is 0 Å². The Kier molecular flexibility index (Phi) is 4.20. The molecule has 1 unspecified atom stereocenters. The first-order valence-electron chi connectivity index (χ1n) is 6.77. The lowest BCUT2D eigenvalue weighted by Crippen LogP contribution is -2.33. The summed E-state index contributed by atoms with van der Waals surface area (Å²) in [5.41, 5.74) is 2.90. The van der Waals surface area contributed by atoms with Crippen LogP contribution in [0.4, 0.5) is 0 Å². The second-order valence-corrected chi connectivity index (χ2v) is 5.06. The quantitative estimate of drug-likeness (QED) is 0.796. The first kappa shape index (κ1) is 13.6. The van der Waals surface area contributed by atoms with Crippen molar-refractivity contribution in [3.05, 3.63) is 34.9 Å². The normalized spacial score (nSPS) is 15.3. The van der Waals surface area contributed by atoms with E-state index in [0.717, 1.165) is 29.5 Å². The summed E-state index contributed by atoms with van der Waals surface area (Å²) >= 11 is 0. The summed E-state index contributed by atoms with van der Waals surface area (Å²) in [5, 5.41) is 2.64. The van der Waals surface area contributed by atoms with Gasteiger partial charge in [0.05, 0.1) is 0 Å². The van der Waals surface area contributed by atoms with Gasteiger partial charge in [0.25, 0.3) is 5.91 Å². The van der Waals surface area contributed by atoms with E-state index in [1.165, 1.54) is 0 Å². The molecule has 1 N–H and O–H groups in total. The van der Waals surface area contributed by atoms with E-state index in [2.05, 4.69) is 19.2 Å². The van der Waals surface area contributed by atoms with Crippen molar-refractivity contribution in [1.29, 1.82) is 0 Å². The standard InChI is InChI=1S/C15H20N2O2/c1-3-4-11(2)17-9-13-7-12(8-16-10-18)5-6-14(13)15(17)19/h5-7,10-11H,3-4,8-9H2,1-2H3,(H,16,18). The molecule has 2 rings (SSSR count). The first-order chi connectivity index (χ1) is 9.17. The minimum Gasteiger partial charge on any atom is -0.355 e. The zero-order chi connectivity index (χ0) is 13.8. The van der Waals surface area contributed by atoms with Gasteiger partial charge in [-0.15, -0.1) is 0 Å². The van der Waals surface area contributed by atoms with E-state index < -0.39 is 0 Å². The molecule has 0 saturated carbocycles. The van der Waals surface area contributed by atoms with Crippen LogP contribution in [0.5, 0.6) is 0 Å². The molecule has 1 aromatic rings. The Hall–Kier alpha value is -1.84. The van der Waals surface area contributed by atoms with Gasteiger partial charge in [0.1, 0.15) is 0 Å². The Morgan fingerprint density at radius 3 is 2.95 bits per heavy atom. The number of carbonyl (C=O) groups excluding carboxylic acids is 2. The maximum atomic E-state index is 12.3. The Balaban J connectivity index is 2.15. The second kappa shape index (κ2) is 5.87. The van der Waals surface area contributed by atoms with Crippen LogP contribution in [0.2, 0.25) is 0 Å². The fourth-order valence-corrected chi connectivity index (χ4v) is 2.60. The van der Waals surface area contributed by atoms with Crippen LogP contribution in [0.15, 0.2) is 18.2 Å². The van der Waals surface area contributed by atoms with Crippen LogP contribution in [0, 0.1) is 0 Å². The molecule has 0 spiro atoms. The molecular weight excluding hydrogens is 240 g/mol. The van der Waals surface area contributed by atoms with Crippen LogP contribution >= 0.6 is 0 Å². The van der Waals surface area contributed by atoms with Crippen LogP contribution < -0.4 is 5.32 Å². The van der Waals surface area contributed by atoms with Crippen LogP contribution in [0.1, 0.15) is 48.2 Å². The third-order valence-electron chi connectivity index (χ3n) is 3.63. The SMILES string of the molecule is CCCC(C)N1Cc2cc(CNC=O)ccc2C1=O. The summed E-state index contributed by atoms with van der Waals surface area (Å²) in [7, 11) is 0. The minimum atomic E-state index is 0.130. The summed E-state index contributed by atoms with van der Waals surface area (Å²) in [6.45, 7) is 5.43. The van der Waals surface area contributed by atoms with Gasteiger partial charge in [0.15, 0.2) is 0 Å². The number of amides is 2. The van der Waals surface area contributed by atoms with Crippen molar-refractivity contribution in [3.63, 3.8) is 0 Å². The number of nitrogens with one attached hydrogen (secondary N) is 1. The molecule has 2 amide bonds. The molecule has 1 heterocycles. The largest absolute Gasteiger partial charge is 0.355 e. The zero-order valence-corrected chi connectivity index (χ0v) is 11.5. The van der Waals surface area contributed by atoms with E-state index in [0.29, 0.717) is 19.5 Å². The molecule has 1 atom stereocenters. The van der Waals surface area contributed by atoms with Crippen molar-refractivity contribution in [2.24, 2.45) is 0 Å². The molecule has 0 aliphatic carbocycles. The van der Waals surface area contributed by atoms with Crippen LogP contribution in [0.3, 0.4) is 0 Å². The molecule has 4 heteroatoms. The van der Waals surface area contributed by atoms with Gasteiger partial charge in [0.2, 0.25) is 6.41 Å². The summed E-state index contributed by atoms with van der Waals surface area (Å²) < 4.78 is 0. The van der Waals surface area contributed by atoms with Gasteiger partial charge in [-0.3, -0.25) is 9.59 Å². The Labute approximate surface area is 113 Å². The number of nitrogens with zero attached hydrogens (tertiary/aromatic N) is 1. The molecule has 1 aliphatic rings. The summed E-state index contributed by atoms with van der Waals surface area (Å²) in [6, 6.07) is 6.07. The maximum absolute atomic E-state index is 12.3. The van der Waals surface area contributed by atoms with E-state index in [1.807, 2.05) is 23.1 Å². The van der Waals surface area contributed by atoms with E-state index in [-0.39, 0.29) is 11.9 Å². The van der Waals surface area contributed by atoms with Gasteiger partial charge < -0.3 is 10.2 Å². The Bertz CT molecular complexity index is 485. The number of rotatable bonds is 6. The highest BCUT2D eigenvalue weighted by atomic mass is 16.2. The Morgan fingerprint density at radius 2 is 2.26 bits per heavy atom. The molecule has 0 aromatic heterocycles. The van der Waals surface area contributed by atoms with E-state index in [9.17, 15) is 9.59 Å². The zero-order valence-electron chi connectivity index (χ0n) is 11.5. The summed E-state index contributed by atoms with van der Waals surface area (Å²) in [6.07, 6.45) is 2.79. The molecule has 102 valence electrons. The third kappa shape index (κ3) is 2.78. The second-order valence-electron chi connectivity index (χ2n) is 5.06. The molecule has 4 nitrogen and oxygen atoms in total. The van der Waals surface area contributed by atoms with Crippen molar-refractivity contribution in [2.45, 2.75) is 45.8 Å². The summed E-state index contributed by atoms with van der Waals surface area (Å²) in [4.78, 5) is 24.5. The molecule has 0 radical (unpaired) electrons. The lowest BCUT2D eigenvalue weighted by Gasteiger charge is -2.23. The molecular formula is C15H20N2O2. The number of hydrogen-bond acceptors (Lipinski definition) is 2. The predicted molar refractivity (Wildman–Crippen MR) is 73.6 cm³/mol. The van der Waals surface area contributed by atoms with E-state index in [4.69, 9.17) is 0 Å². The average Bonchev–Trinajstić information content (AvgIpc) is 2.74. The van der Waals surface area contributed by atoms with Crippen molar-refractivity contribution in [2.75, 3.05) is 0 Å². The molecule has 0 fully saturated rings. The summed E-state index contributed by atoms with van der Waals surface area (Å²) in [5.74, 6) is 0.130. The average molecular weight is 260 g/mol.